The van der Waals surface area contributed by atoms with Gasteiger partial charge >= 0.3 is 6.18 Å². The lowest BCUT2D eigenvalue weighted by atomic mass is 9.75. The molecule has 10 heteroatoms. The van der Waals surface area contributed by atoms with Crippen molar-refractivity contribution >= 4 is 40.7 Å². The van der Waals surface area contributed by atoms with Crippen LogP contribution in [0.25, 0.3) is 0 Å². The minimum atomic E-state index is -4.66. The van der Waals surface area contributed by atoms with Crippen LogP contribution >= 0.6 is 23.4 Å². The number of Topliss-reactive ketones (excluding diaryl/α,β-unsaturated/α-hetero) is 1. The van der Waals surface area contributed by atoms with Crippen molar-refractivity contribution in [3.8, 4) is 6.07 Å². The molecule has 0 saturated carbocycles. The van der Waals surface area contributed by atoms with Gasteiger partial charge in [-0.2, -0.15) is 18.4 Å². The lowest BCUT2D eigenvalue weighted by molar-refractivity contribution is -0.138. The van der Waals surface area contributed by atoms with E-state index in [0.29, 0.717) is 29.2 Å². The summed E-state index contributed by atoms with van der Waals surface area (Å²) in [6, 6.07) is 13.6. The third kappa shape index (κ3) is 5.39. The van der Waals surface area contributed by atoms with Crippen LogP contribution in [-0.4, -0.2) is 17.4 Å². The molecule has 2 N–H and O–H groups in total. The number of nitrogens with zero attached hydrogens (tertiary/aromatic N) is 1. The Balaban J connectivity index is 1.70. The minimum absolute atomic E-state index is 0.0174. The number of rotatable bonds is 5. The molecular weight excluding hydrogens is 499 g/mol. The van der Waals surface area contributed by atoms with Crippen molar-refractivity contribution in [3.05, 3.63) is 86.6 Å². The molecule has 1 atom stereocenters. The van der Waals surface area contributed by atoms with E-state index in [1.54, 1.807) is 24.3 Å². The van der Waals surface area contributed by atoms with Crippen molar-refractivity contribution in [2.24, 2.45) is 0 Å². The molecule has 2 aliphatic rings. The number of nitriles is 1. The average molecular weight is 518 g/mol. The van der Waals surface area contributed by atoms with Crippen molar-refractivity contribution in [1.29, 1.82) is 5.26 Å². The number of carbonyl (C=O) groups is 2. The monoisotopic (exact) mass is 517 g/mol. The third-order valence-corrected chi connectivity index (χ3v) is 6.95. The van der Waals surface area contributed by atoms with Gasteiger partial charge < -0.3 is 10.6 Å². The van der Waals surface area contributed by atoms with Crippen molar-refractivity contribution in [2.75, 3.05) is 11.1 Å². The Hall–Kier alpha value is -3.22. The fraction of sp³-hybridized carbons (Fsp3) is 0.240. The molecule has 1 heterocycles. The molecule has 180 valence electrons. The molecule has 0 spiro atoms. The van der Waals surface area contributed by atoms with E-state index in [2.05, 4.69) is 10.6 Å². The number of hydrogen-bond acceptors (Lipinski definition) is 5. The average Bonchev–Trinajstić information content (AvgIpc) is 2.81. The first-order valence-corrected chi connectivity index (χ1v) is 12.1. The molecule has 5 nitrogen and oxygen atoms in total. The molecule has 1 aliphatic heterocycles. The van der Waals surface area contributed by atoms with Crippen molar-refractivity contribution in [1.82, 2.24) is 5.32 Å². The van der Waals surface area contributed by atoms with Gasteiger partial charge in [0.25, 0.3) is 0 Å². The Kier molecular flexibility index (Phi) is 7.24. The molecule has 0 unspecified atom stereocenters. The quantitative estimate of drug-likeness (QED) is 0.496. The topological polar surface area (TPSA) is 82.0 Å². The molecule has 2 aromatic rings. The van der Waals surface area contributed by atoms with Crippen molar-refractivity contribution < 1.29 is 22.8 Å². The number of amides is 1. The molecule has 0 saturated heterocycles. The Labute approximate surface area is 209 Å². The van der Waals surface area contributed by atoms with Gasteiger partial charge in [0.2, 0.25) is 5.91 Å². The highest BCUT2D eigenvalue weighted by atomic mass is 35.5. The maximum Gasteiger partial charge on any atom is 0.416 e. The van der Waals surface area contributed by atoms with E-state index < -0.39 is 17.7 Å². The first-order chi connectivity index (χ1) is 16.7. The smallest absolute Gasteiger partial charge is 0.352 e. The van der Waals surface area contributed by atoms with E-state index in [1.165, 1.54) is 18.2 Å². The summed E-state index contributed by atoms with van der Waals surface area (Å²) >= 11 is 6.94. The van der Waals surface area contributed by atoms with Crippen LogP contribution in [0.5, 0.6) is 0 Å². The summed E-state index contributed by atoms with van der Waals surface area (Å²) in [5.41, 5.74) is 0.123. The van der Waals surface area contributed by atoms with Gasteiger partial charge in [0.05, 0.1) is 33.9 Å². The first-order valence-electron chi connectivity index (χ1n) is 10.7. The third-order valence-electron chi connectivity index (χ3n) is 5.70. The maximum absolute atomic E-state index is 13.9. The highest BCUT2D eigenvalue weighted by Gasteiger charge is 2.42. The van der Waals surface area contributed by atoms with Gasteiger partial charge in [-0.25, -0.2) is 0 Å². The minimum Gasteiger partial charge on any atom is -0.352 e. The molecule has 0 radical (unpaired) electrons. The summed E-state index contributed by atoms with van der Waals surface area (Å²) in [4.78, 5) is 25.4. The number of dihydropyridines is 1. The number of benzene rings is 2. The number of ketones is 1. The van der Waals surface area contributed by atoms with Crippen LogP contribution in [0.3, 0.4) is 0 Å². The molecular formula is C25H19ClF3N3O2S. The predicted molar refractivity (Wildman–Crippen MR) is 128 cm³/mol. The van der Waals surface area contributed by atoms with Crippen LogP contribution in [0.15, 0.2) is 70.4 Å². The van der Waals surface area contributed by atoms with Crippen molar-refractivity contribution in [2.45, 2.75) is 31.4 Å². The van der Waals surface area contributed by atoms with Crippen LogP contribution < -0.4 is 10.6 Å². The Morgan fingerprint density at radius 3 is 2.69 bits per heavy atom. The lowest BCUT2D eigenvalue weighted by Crippen LogP contribution is -2.32. The second-order valence-corrected chi connectivity index (χ2v) is 9.44. The molecule has 1 amide bonds. The van der Waals surface area contributed by atoms with Gasteiger partial charge in [-0.05, 0) is 42.7 Å². The summed E-state index contributed by atoms with van der Waals surface area (Å²) in [7, 11) is 0. The summed E-state index contributed by atoms with van der Waals surface area (Å²) < 4.78 is 41.6. The fourth-order valence-electron chi connectivity index (χ4n) is 4.26. The van der Waals surface area contributed by atoms with E-state index >= 15 is 0 Å². The Morgan fingerprint density at radius 2 is 1.97 bits per heavy atom. The zero-order valence-corrected chi connectivity index (χ0v) is 19.8. The van der Waals surface area contributed by atoms with Crippen LogP contribution in [0, 0.1) is 11.3 Å². The number of thioether (sulfide) groups is 1. The molecule has 4 rings (SSSR count). The number of carbonyl (C=O) groups excluding carboxylic acids is 2. The second kappa shape index (κ2) is 10.2. The second-order valence-electron chi connectivity index (χ2n) is 8.01. The highest BCUT2D eigenvalue weighted by Crippen LogP contribution is 2.47. The molecule has 35 heavy (non-hydrogen) atoms. The van der Waals surface area contributed by atoms with Gasteiger partial charge in [0, 0.05) is 28.4 Å². The first kappa shape index (κ1) is 24.9. The number of anilines is 1. The maximum atomic E-state index is 13.9. The number of allylic oxidation sites excluding steroid dienone is 3. The number of nitrogens with one attached hydrogen (secondary N) is 2. The van der Waals surface area contributed by atoms with E-state index in [0.717, 1.165) is 17.8 Å². The van der Waals surface area contributed by atoms with Crippen LogP contribution in [0.1, 0.15) is 36.3 Å². The summed E-state index contributed by atoms with van der Waals surface area (Å²) in [6.45, 7) is 0. The van der Waals surface area contributed by atoms with Crippen LogP contribution in [0.4, 0.5) is 18.9 Å². The zero-order valence-electron chi connectivity index (χ0n) is 18.2. The van der Waals surface area contributed by atoms with Crippen LogP contribution in [0.2, 0.25) is 5.02 Å². The molecule has 2 aromatic carbocycles. The van der Waals surface area contributed by atoms with Gasteiger partial charge in [0.1, 0.15) is 0 Å². The highest BCUT2D eigenvalue weighted by molar-refractivity contribution is 8.03. The SMILES string of the molecule is N#CC1=C(SCC(=O)Nc2cccc(Cl)c2)NC2=C(C(=O)CCC2)[C@H]1c1ccccc1C(F)(F)F. The lowest BCUT2D eigenvalue weighted by Gasteiger charge is -2.34. The van der Waals surface area contributed by atoms with Gasteiger partial charge in [-0.15, -0.1) is 0 Å². The van der Waals surface area contributed by atoms with Gasteiger partial charge in [0.15, 0.2) is 5.78 Å². The fourth-order valence-corrected chi connectivity index (χ4v) is 5.31. The summed E-state index contributed by atoms with van der Waals surface area (Å²) in [5.74, 6) is -1.93. The zero-order chi connectivity index (χ0) is 25.2. The van der Waals surface area contributed by atoms with E-state index in [4.69, 9.17) is 11.6 Å². The largest absolute Gasteiger partial charge is 0.416 e. The van der Waals surface area contributed by atoms with E-state index in [1.807, 2.05) is 6.07 Å². The molecule has 0 bridgehead atoms. The number of alkyl halides is 3. The standard InChI is InChI=1S/C25H19ClF3N3O2S/c26-14-5-3-6-15(11-14)31-21(34)13-35-24-17(12-30)22(23-19(32-24)9-4-10-20(23)33)16-7-1-2-8-18(16)25(27,28)29/h1-3,5-8,11,22,32H,4,9-10,13H2,(H,31,34)/t22-/m0/s1. The molecule has 0 aromatic heterocycles. The molecule has 1 aliphatic carbocycles. The predicted octanol–water partition coefficient (Wildman–Crippen LogP) is 6.16. The number of halogens is 4. The summed E-state index contributed by atoms with van der Waals surface area (Å²) in [5, 5.41) is 16.5. The Bertz CT molecular complexity index is 1300. The summed E-state index contributed by atoms with van der Waals surface area (Å²) in [6.07, 6.45) is -3.45. The van der Waals surface area contributed by atoms with E-state index in [-0.39, 0.29) is 45.6 Å². The van der Waals surface area contributed by atoms with Gasteiger partial charge in [-0.3, -0.25) is 9.59 Å². The van der Waals surface area contributed by atoms with Gasteiger partial charge in [-0.1, -0.05) is 47.6 Å². The van der Waals surface area contributed by atoms with E-state index in [9.17, 15) is 28.0 Å². The van der Waals surface area contributed by atoms with Crippen LogP contribution in [-0.2, 0) is 15.8 Å². The van der Waals surface area contributed by atoms with Crippen molar-refractivity contribution in [3.63, 3.8) is 0 Å². The molecule has 0 fully saturated rings. The number of hydrogen-bond donors (Lipinski definition) is 2. The Morgan fingerprint density at radius 1 is 1.20 bits per heavy atom. The normalized spacial score (nSPS) is 18.0.